The maximum Gasteiger partial charge on any atom is 0.303 e. The zero-order valence-corrected chi connectivity index (χ0v) is 11.2. The first-order chi connectivity index (χ1) is 9.06. The van der Waals surface area contributed by atoms with Crippen LogP contribution in [0.25, 0.3) is 0 Å². The van der Waals surface area contributed by atoms with Gasteiger partial charge in [0.1, 0.15) is 13.2 Å². The van der Waals surface area contributed by atoms with Gasteiger partial charge in [-0.15, -0.1) is 0 Å². The molecule has 0 saturated heterocycles. The number of ether oxygens (including phenoxy) is 2. The highest BCUT2D eigenvalue weighted by Gasteiger charge is 2.17. The van der Waals surface area contributed by atoms with Crippen molar-refractivity contribution in [2.45, 2.75) is 25.3 Å². The van der Waals surface area contributed by atoms with E-state index in [1.54, 1.807) is 6.07 Å². The smallest absolute Gasteiger partial charge is 0.303 e. The molecule has 1 aromatic carbocycles. The molecule has 104 valence electrons. The topological polar surface area (TPSA) is 81.8 Å². The molecule has 0 aliphatic carbocycles. The van der Waals surface area contributed by atoms with Crippen LogP contribution in [0.1, 0.15) is 18.4 Å². The summed E-state index contributed by atoms with van der Waals surface area (Å²) in [5.41, 5.74) is 6.82. The number of aliphatic carboxylic acids is 1. The predicted molar refractivity (Wildman–Crippen MR) is 71.0 cm³/mol. The van der Waals surface area contributed by atoms with Crippen molar-refractivity contribution in [1.82, 2.24) is 0 Å². The number of nitrogens with two attached hydrogens (primary N) is 1. The van der Waals surface area contributed by atoms with Gasteiger partial charge in [-0.1, -0.05) is 11.6 Å². The second-order valence-corrected chi connectivity index (χ2v) is 4.91. The molecule has 3 N–H and O–H groups in total. The molecule has 2 rings (SSSR count). The fraction of sp³-hybridized carbons (Fsp3) is 0.462. The summed E-state index contributed by atoms with van der Waals surface area (Å²) in [6, 6.07) is 3.42. The van der Waals surface area contributed by atoms with Gasteiger partial charge in [0, 0.05) is 12.5 Å². The van der Waals surface area contributed by atoms with Crippen LogP contribution in [0.5, 0.6) is 11.5 Å². The Morgan fingerprint density at radius 2 is 2.16 bits per heavy atom. The van der Waals surface area contributed by atoms with E-state index < -0.39 is 5.97 Å². The lowest BCUT2D eigenvalue weighted by Crippen LogP contribution is -2.24. The highest BCUT2D eigenvalue weighted by atomic mass is 35.5. The van der Waals surface area contributed by atoms with Crippen molar-refractivity contribution in [3.05, 3.63) is 22.7 Å². The monoisotopic (exact) mass is 285 g/mol. The van der Waals surface area contributed by atoms with Gasteiger partial charge in [-0.2, -0.15) is 0 Å². The largest absolute Gasteiger partial charge is 0.486 e. The molecule has 0 saturated carbocycles. The van der Waals surface area contributed by atoms with Crippen LogP contribution in [0.2, 0.25) is 5.02 Å². The summed E-state index contributed by atoms with van der Waals surface area (Å²) in [6.07, 6.45) is 1.06. The number of carbonyl (C=O) groups is 1. The van der Waals surface area contributed by atoms with Crippen molar-refractivity contribution in [2.75, 3.05) is 13.2 Å². The molecule has 0 spiro atoms. The third kappa shape index (κ3) is 3.75. The first-order valence-corrected chi connectivity index (χ1v) is 6.49. The Kier molecular flexibility index (Phi) is 4.50. The molecule has 0 fully saturated rings. The molecular weight excluding hydrogens is 270 g/mol. The summed E-state index contributed by atoms with van der Waals surface area (Å²) in [7, 11) is 0. The third-order valence-corrected chi connectivity index (χ3v) is 3.16. The van der Waals surface area contributed by atoms with Gasteiger partial charge in [0.15, 0.2) is 11.5 Å². The molecule has 1 aliphatic heterocycles. The predicted octanol–water partition coefficient (Wildman–Crippen LogP) is 1.85. The Hall–Kier alpha value is -1.46. The molecule has 1 atom stereocenters. The molecular formula is C13H16ClNO4. The Labute approximate surface area is 116 Å². The minimum atomic E-state index is -0.837. The molecule has 0 bridgehead atoms. The molecule has 1 aromatic rings. The fourth-order valence-electron chi connectivity index (χ4n) is 2.00. The summed E-state index contributed by atoms with van der Waals surface area (Å²) in [5, 5.41) is 9.12. The van der Waals surface area contributed by atoms with Gasteiger partial charge in [-0.05, 0) is 30.5 Å². The SMILES string of the molecule is NC(CCC(=O)O)Cc1cc(Cl)c2c(c1)OCCO2. The van der Waals surface area contributed by atoms with Gasteiger partial charge in [0.25, 0.3) is 0 Å². The average Bonchev–Trinajstić information content (AvgIpc) is 2.36. The van der Waals surface area contributed by atoms with Crippen molar-refractivity contribution in [2.24, 2.45) is 5.73 Å². The van der Waals surface area contributed by atoms with E-state index in [9.17, 15) is 4.79 Å². The van der Waals surface area contributed by atoms with Crippen LogP contribution in [-0.4, -0.2) is 30.3 Å². The lowest BCUT2D eigenvalue weighted by Gasteiger charge is -2.21. The molecule has 1 heterocycles. The Bertz CT molecular complexity index is 478. The molecule has 1 unspecified atom stereocenters. The van der Waals surface area contributed by atoms with Crippen LogP contribution in [0.15, 0.2) is 12.1 Å². The summed E-state index contributed by atoms with van der Waals surface area (Å²) in [5.74, 6) is 0.352. The lowest BCUT2D eigenvalue weighted by molar-refractivity contribution is -0.137. The number of hydrogen-bond donors (Lipinski definition) is 2. The maximum absolute atomic E-state index is 10.5. The van der Waals surface area contributed by atoms with Crippen LogP contribution in [-0.2, 0) is 11.2 Å². The van der Waals surface area contributed by atoms with Gasteiger partial charge in [-0.3, -0.25) is 4.79 Å². The van der Waals surface area contributed by atoms with Gasteiger partial charge < -0.3 is 20.3 Å². The molecule has 19 heavy (non-hydrogen) atoms. The van der Waals surface area contributed by atoms with E-state index in [1.165, 1.54) is 0 Å². The molecule has 6 heteroatoms. The summed E-state index contributed by atoms with van der Waals surface area (Å²) in [6.45, 7) is 0.988. The van der Waals surface area contributed by atoms with E-state index in [4.69, 9.17) is 31.9 Å². The second kappa shape index (κ2) is 6.12. The molecule has 0 amide bonds. The van der Waals surface area contributed by atoms with Crippen molar-refractivity contribution >= 4 is 17.6 Å². The molecule has 5 nitrogen and oxygen atoms in total. The molecule has 0 aromatic heterocycles. The fourth-order valence-corrected chi connectivity index (χ4v) is 2.28. The van der Waals surface area contributed by atoms with Crippen LogP contribution >= 0.6 is 11.6 Å². The van der Waals surface area contributed by atoms with E-state index in [2.05, 4.69) is 0 Å². The minimum absolute atomic E-state index is 0.0689. The average molecular weight is 286 g/mol. The van der Waals surface area contributed by atoms with E-state index in [0.29, 0.717) is 42.6 Å². The van der Waals surface area contributed by atoms with Crippen LogP contribution in [0.3, 0.4) is 0 Å². The number of hydrogen-bond acceptors (Lipinski definition) is 4. The second-order valence-electron chi connectivity index (χ2n) is 4.50. The number of benzene rings is 1. The maximum atomic E-state index is 10.5. The zero-order valence-electron chi connectivity index (χ0n) is 10.4. The Morgan fingerprint density at radius 1 is 1.42 bits per heavy atom. The van der Waals surface area contributed by atoms with Gasteiger partial charge in [-0.25, -0.2) is 0 Å². The van der Waals surface area contributed by atoms with Crippen molar-refractivity contribution in [3.63, 3.8) is 0 Å². The summed E-state index contributed by atoms with van der Waals surface area (Å²) < 4.78 is 10.9. The zero-order chi connectivity index (χ0) is 13.8. The third-order valence-electron chi connectivity index (χ3n) is 2.88. The molecule has 1 aliphatic rings. The van der Waals surface area contributed by atoms with E-state index >= 15 is 0 Å². The van der Waals surface area contributed by atoms with Crippen LogP contribution in [0.4, 0.5) is 0 Å². The van der Waals surface area contributed by atoms with E-state index in [0.717, 1.165) is 5.56 Å². The van der Waals surface area contributed by atoms with E-state index in [1.807, 2.05) is 6.07 Å². The van der Waals surface area contributed by atoms with Crippen molar-refractivity contribution < 1.29 is 19.4 Å². The number of halogens is 1. The quantitative estimate of drug-likeness (QED) is 0.863. The Balaban J connectivity index is 2.04. The van der Waals surface area contributed by atoms with E-state index in [-0.39, 0.29) is 12.5 Å². The molecule has 0 radical (unpaired) electrons. The van der Waals surface area contributed by atoms with Crippen LogP contribution in [0, 0.1) is 0 Å². The lowest BCUT2D eigenvalue weighted by atomic mass is 10.0. The number of rotatable bonds is 5. The highest BCUT2D eigenvalue weighted by Crippen LogP contribution is 2.38. The summed E-state index contributed by atoms with van der Waals surface area (Å²) >= 11 is 6.12. The minimum Gasteiger partial charge on any atom is -0.486 e. The summed E-state index contributed by atoms with van der Waals surface area (Å²) in [4.78, 5) is 10.5. The first kappa shape index (κ1) is 14.0. The number of carboxylic acid groups (broad SMARTS) is 1. The normalized spacial score (nSPS) is 15.1. The Morgan fingerprint density at radius 3 is 2.89 bits per heavy atom. The number of fused-ring (bicyclic) bond motifs is 1. The standard InChI is InChI=1S/C13H16ClNO4/c14-10-6-8(5-9(15)1-2-12(16)17)7-11-13(10)19-4-3-18-11/h6-7,9H,1-5,15H2,(H,16,17). The van der Waals surface area contributed by atoms with Gasteiger partial charge in [0.05, 0.1) is 5.02 Å². The first-order valence-electron chi connectivity index (χ1n) is 6.11. The van der Waals surface area contributed by atoms with Gasteiger partial charge >= 0.3 is 5.97 Å². The highest BCUT2D eigenvalue weighted by molar-refractivity contribution is 6.32. The van der Waals surface area contributed by atoms with Crippen molar-refractivity contribution in [1.29, 1.82) is 0 Å². The van der Waals surface area contributed by atoms with Crippen LogP contribution < -0.4 is 15.2 Å². The number of carboxylic acids is 1. The van der Waals surface area contributed by atoms with Crippen molar-refractivity contribution in [3.8, 4) is 11.5 Å². The van der Waals surface area contributed by atoms with Gasteiger partial charge in [0.2, 0.25) is 0 Å².